The summed E-state index contributed by atoms with van der Waals surface area (Å²) >= 11 is 0. The summed E-state index contributed by atoms with van der Waals surface area (Å²) in [5.41, 5.74) is 3.51. The van der Waals surface area contributed by atoms with Crippen LogP contribution in [0.2, 0.25) is 0 Å². The van der Waals surface area contributed by atoms with Gasteiger partial charge in [0, 0.05) is 32.7 Å². The Balaban J connectivity index is 0.000000236. The van der Waals surface area contributed by atoms with Gasteiger partial charge in [-0.25, -0.2) is 0 Å². The van der Waals surface area contributed by atoms with Crippen molar-refractivity contribution in [1.29, 1.82) is 0 Å². The number of halogens is 1. The molecule has 10 rings (SSSR count). The zero-order valence-electron chi connectivity index (χ0n) is 58.8. The van der Waals surface area contributed by atoms with E-state index in [1.165, 1.54) is 40.6 Å². The number of carbonyl (C=O) groups is 3. The van der Waals surface area contributed by atoms with E-state index in [2.05, 4.69) is 176 Å². The summed E-state index contributed by atoms with van der Waals surface area (Å²) in [6, 6.07) is 57.3. The van der Waals surface area contributed by atoms with Crippen LogP contribution in [0, 0.1) is 35.5 Å². The first-order valence-electron chi connectivity index (χ1n) is 34.8. The van der Waals surface area contributed by atoms with E-state index in [0.717, 1.165) is 119 Å². The monoisotopic (exact) mass is 1460 g/mol. The molecule has 0 bridgehead atoms. The third-order valence-electron chi connectivity index (χ3n) is 17.4. The molecule has 0 spiro atoms. The lowest BCUT2D eigenvalue weighted by molar-refractivity contribution is -0.141. The van der Waals surface area contributed by atoms with E-state index >= 15 is 0 Å². The second kappa shape index (κ2) is 48.7. The van der Waals surface area contributed by atoms with Crippen LogP contribution in [0.4, 0.5) is 0 Å². The Labute approximate surface area is 604 Å². The molecular formula is C85H108IO11P. The lowest BCUT2D eigenvalue weighted by atomic mass is 10.0. The van der Waals surface area contributed by atoms with Gasteiger partial charge in [0.15, 0.2) is 5.78 Å². The molecule has 13 heteroatoms. The highest BCUT2D eigenvalue weighted by molar-refractivity contribution is 7.95. The molecule has 0 heterocycles. The molecule has 0 amide bonds. The average Bonchev–Trinajstić information content (AvgIpc) is 1.64. The van der Waals surface area contributed by atoms with Crippen LogP contribution in [-0.2, 0) is 53.2 Å². The molecule has 0 unspecified atom stereocenters. The Bertz CT molecular complexity index is 3200. The van der Waals surface area contributed by atoms with Gasteiger partial charge in [-0.15, -0.1) is 0 Å². The summed E-state index contributed by atoms with van der Waals surface area (Å²) in [7, 11) is 4.72. The SMILES string of the molecule is COC(=O)C[C@H]1C=C[C@H](C)C1.COc1ccc(COCCC/C=C\C[C@H]2C=CC(=O)C2)cc1.COc1ccc(COCCC/C=C\C[C@H]2C=C[C@H](O)C2)cc1.COc1ccc(COCCCC[P+](c2ccccc2)(c2ccccc2)c2ccccc2)cc1.C[C@H]1C=C[C@H](CC=O)C1.[I-]. The van der Waals surface area contributed by atoms with Crippen molar-refractivity contribution in [1.82, 2.24) is 0 Å². The van der Waals surface area contributed by atoms with E-state index < -0.39 is 7.26 Å². The van der Waals surface area contributed by atoms with Gasteiger partial charge in [-0.05, 0) is 202 Å². The lowest BCUT2D eigenvalue weighted by Gasteiger charge is -2.27. The predicted octanol–water partition coefficient (Wildman–Crippen LogP) is 14.5. The molecule has 6 aromatic rings. The molecule has 0 saturated heterocycles. The van der Waals surface area contributed by atoms with Crippen LogP contribution in [-0.4, -0.2) is 83.7 Å². The Kier molecular flexibility index (Phi) is 40.5. The van der Waals surface area contributed by atoms with E-state index in [0.29, 0.717) is 74.6 Å². The molecule has 6 aromatic carbocycles. The topological polar surface area (TPSA) is 136 Å². The Morgan fingerprint density at radius 2 is 0.878 bits per heavy atom. The minimum absolute atomic E-state index is 0. The van der Waals surface area contributed by atoms with Crippen LogP contribution >= 0.6 is 7.26 Å². The van der Waals surface area contributed by atoms with Crippen LogP contribution < -0.4 is 54.1 Å². The number of aliphatic hydroxyl groups excluding tert-OH is 1. The Morgan fingerprint density at radius 3 is 1.24 bits per heavy atom. The van der Waals surface area contributed by atoms with Crippen molar-refractivity contribution >= 4 is 41.2 Å². The summed E-state index contributed by atoms with van der Waals surface area (Å²) < 4.78 is 37.4. The Hall–Kier alpha value is -7.03. The maximum absolute atomic E-state index is 11.1. The molecule has 4 aliphatic carbocycles. The lowest BCUT2D eigenvalue weighted by Crippen LogP contribution is -3.00. The average molecular weight is 1460 g/mol. The van der Waals surface area contributed by atoms with Crippen LogP contribution in [0.15, 0.2) is 237 Å². The largest absolute Gasteiger partial charge is 1.00 e. The van der Waals surface area contributed by atoms with Crippen LogP contribution in [0.3, 0.4) is 0 Å². The zero-order valence-corrected chi connectivity index (χ0v) is 61.9. The zero-order chi connectivity index (χ0) is 69.0. The third-order valence-corrected chi connectivity index (χ3v) is 22.0. The number of hydrogen-bond acceptors (Lipinski definition) is 11. The molecular weight excluding hydrogens is 1350 g/mol. The number of ketones is 1. The van der Waals surface area contributed by atoms with Crippen molar-refractivity contribution in [2.24, 2.45) is 35.5 Å². The standard InChI is InChI=1S/C30H32O2P.C19H26O3.C19H24O3.C9H14O2.C8H12O.HI/c1-31-27-21-19-26(20-22-27)25-32-23-11-12-24-33(28-13-5-2-6-14-28,29-15-7-3-8-16-29)30-17-9-4-10-18-30;2*1-21-19-11-8-17(9-12-19)15-22-13-5-3-2-4-6-16-7-10-18(20)14-16;1-7-3-4-8(5-7)6-9(10)11-2;1-7-2-3-8(6-7)4-5-9;/h2-10,13-22H,11-12,23-25H2,1H3;2,4,7-12,16,18,20H,3,5-6,13-15H2,1H3;2,4,7-12,16H,3,5-6,13-15H2,1H3;3-4,7-8H,5-6H2,1-2H3;2-3,5,7-8H,4,6H2,1H3;1H/q+1;;;;;/p-1/b;2*4-2-;;;/t;16-,18-;16-;7-,8-;7-,8+;/m.0000./s1. The fourth-order valence-corrected chi connectivity index (χ4v) is 16.4. The fourth-order valence-electron chi connectivity index (χ4n) is 12.0. The van der Waals surface area contributed by atoms with Gasteiger partial charge in [0.2, 0.25) is 0 Å². The van der Waals surface area contributed by atoms with Gasteiger partial charge in [0.25, 0.3) is 0 Å². The highest BCUT2D eigenvalue weighted by Gasteiger charge is 2.44. The van der Waals surface area contributed by atoms with E-state index in [1.54, 1.807) is 27.4 Å². The van der Waals surface area contributed by atoms with Crippen molar-refractivity contribution < 1.29 is 76.6 Å². The number of esters is 1. The van der Waals surface area contributed by atoms with Gasteiger partial charge >= 0.3 is 5.97 Å². The molecule has 0 fully saturated rings. The van der Waals surface area contributed by atoms with Gasteiger partial charge in [0.05, 0.1) is 66.9 Å². The molecule has 526 valence electrons. The molecule has 4 aliphatic rings. The van der Waals surface area contributed by atoms with Crippen molar-refractivity contribution in [2.45, 2.75) is 130 Å². The highest BCUT2D eigenvalue weighted by Crippen LogP contribution is 2.56. The fraction of sp³-hybridized carbons (Fsp3) is 0.400. The summed E-state index contributed by atoms with van der Waals surface area (Å²) in [4.78, 5) is 31.9. The predicted molar refractivity (Wildman–Crippen MR) is 399 cm³/mol. The van der Waals surface area contributed by atoms with E-state index in [9.17, 15) is 19.5 Å². The van der Waals surface area contributed by atoms with Crippen LogP contribution in [0.5, 0.6) is 17.2 Å². The summed E-state index contributed by atoms with van der Waals surface area (Å²) in [5, 5.41) is 13.7. The number of hydrogen-bond donors (Lipinski definition) is 1. The number of unbranched alkanes of at least 4 members (excludes halogenated alkanes) is 3. The quantitative estimate of drug-likeness (QED) is 0.0105. The van der Waals surface area contributed by atoms with Crippen molar-refractivity contribution in [3.05, 3.63) is 253 Å². The van der Waals surface area contributed by atoms with Crippen molar-refractivity contribution in [3.8, 4) is 17.2 Å². The summed E-state index contributed by atoms with van der Waals surface area (Å²) in [6.45, 7) is 8.58. The first-order valence-corrected chi connectivity index (χ1v) is 36.8. The summed E-state index contributed by atoms with van der Waals surface area (Å²) in [5.74, 6) is 5.97. The molecule has 0 saturated carbocycles. The second-order valence-corrected chi connectivity index (χ2v) is 28.9. The minimum atomic E-state index is -1.74. The van der Waals surface area contributed by atoms with Crippen LogP contribution in [0.25, 0.3) is 0 Å². The second-order valence-electron chi connectivity index (χ2n) is 25.3. The first kappa shape index (κ1) is 81.6. The number of methoxy groups -OCH3 is 4. The van der Waals surface area contributed by atoms with Gasteiger partial charge < -0.3 is 67.0 Å². The number of benzene rings is 6. The van der Waals surface area contributed by atoms with Gasteiger partial charge in [-0.3, -0.25) is 9.59 Å². The minimum Gasteiger partial charge on any atom is -1.00 e. The molecule has 0 aromatic heterocycles. The molecule has 98 heavy (non-hydrogen) atoms. The third kappa shape index (κ3) is 31.4. The molecule has 1 N–H and O–H groups in total. The van der Waals surface area contributed by atoms with E-state index in [-0.39, 0.29) is 41.8 Å². The Morgan fingerprint density at radius 1 is 0.469 bits per heavy atom. The maximum Gasteiger partial charge on any atom is 0.306 e. The highest BCUT2D eigenvalue weighted by atomic mass is 127. The van der Waals surface area contributed by atoms with E-state index in [1.807, 2.05) is 72.8 Å². The number of rotatable bonds is 33. The van der Waals surface area contributed by atoms with Gasteiger partial charge in [-0.1, -0.05) is 172 Å². The smallest absolute Gasteiger partial charge is 0.306 e. The first-order chi connectivity index (χ1) is 47.4. The van der Waals surface area contributed by atoms with Gasteiger partial charge in [-0.2, -0.15) is 0 Å². The number of aldehydes is 1. The van der Waals surface area contributed by atoms with Crippen molar-refractivity contribution in [2.75, 3.05) is 54.4 Å². The van der Waals surface area contributed by atoms with Crippen LogP contribution in [0.1, 0.15) is 120 Å². The summed E-state index contributed by atoms with van der Waals surface area (Å²) in [6.07, 6.45) is 40.4. The number of allylic oxidation sites excluding steroid dienone is 11. The van der Waals surface area contributed by atoms with Gasteiger partial charge in [0.1, 0.15) is 46.7 Å². The molecule has 0 radical (unpaired) electrons. The number of ether oxygens (including phenoxy) is 7. The van der Waals surface area contributed by atoms with Crippen molar-refractivity contribution in [3.63, 3.8) is 0 Å². The normalized spacial score (nSPS) is 18.7. The molecule has 0 aliphatic heterocycles. The molecule has 11 nitrogen and oxygen atoms in total. The van der Waals surface area contributed by atoms with E-state index in [4.69, 9.17) is 28.4 Å². The number of aliphatic hydroxyl groups is 1. The number of carbonyl (C=O) groups excluding carboxylic acids is 3. The molecule has 7 atom stereocenters. The maximum atomic E-state index is 11.1.